The Kier molecular flexibility index (Phi) is 6.49. The molecule has 0 aliphatic carbocycles. The van der Waals surface area contributed by atoms with Crippen LogP contribution in [0.15, 0.2) is 18.6 Å². The maximum Gasteiger partial charge on any atom is 0.408 e. The van der Waals surface area contributed by atoms with E-state index in [1.165, 1.54) is 13.3 Å². The summed E-state index contributed by atoms with van der Waals surface area (Å²) >= 11 is 0. The topological polar surface area (TPSA) is 169 Å². The molecule has 2 fully saturated rings. The quantitative estimate of drug-likeness (QED) is 0.408. The number of hydrogen-bond donors (Lipinski definition) is 3. The Morgan fingerprint density at radius 3 is 2.88 bits per heavy atom. The average Bonchev–Trinajstić information content (AvgIpc) is 3.24. The van der Waals surface area contributed by atoms with Gasteiger partial charge < -0.3 is 29.6 Å². The first kappa shape index (κ1) is 24.0. The number of aromatic nitrogens is 3. The fourth-order valence-electron chi connectivity index (χ4n) is 3.90. The van der Waals surface area contributed by atoms with Crippen LogP contribution in [0.4, 0.5) is 5.82 Å². The number of nitrogens with two attached hydrogens (primary N) is 1. The number of hydrogen-bond acceptors (Lipinski definition) is 11. The molecular weight excluding hydrogens is 457 g/mol. The molecule has 0 bridgehead atoms. The van der Waals surface area contributed by atoms with E-state index in [0.29, 0.717) is 16.9 Å². The van der Waals surface area contributed by atoms with Crippen LogP contribution in [-0.4, -0.2) is 69.0 Å². The minimum atomic E-state index is -3.94. The molecule has 2 saturated heterocycles. The number of fused-ring (bicyclic) bond motifs is 2. The molecule has 2 aromatic heterocycles. The van der Waals surface area contributed by atoms with Crippen molar-refractivity contribution < 1.29 is 37.7 Å². The minimum Gasteiger partial charge on any atom is -0.462 e. The van der Waals surface area contributed by atoms with Gasteiger partial charge >= 0.3 is 13.7 Å². The lowest BCUT2D eigenvalue weighted by Crippen LogP contribution is -2.47. The fraction of sp³-hybridized carbons (Fsp3) is 0.632. The highest BCUT2D eigenvalue weighted by Gasteiger charge is 2.56. The Balaban J connectivity index is 1.51. The zero-order valence-electron chi connectivity index (χ0n) is 18.7. The molecule has 4 rings (SSSR count). The van der Waals surface area contributed by atoms with Gasteiger partial charge in [0.05, 0.1) is 18.1 Å². The third-order valence-electron chi connectivity index (χ3n) is 5.45. The van der Waals surface area contributed by atoms with Gasteiger partial charge in [-0.15, -0.1) is 0 Å². The van der Waals surface area contributed by atoms with E-state index in [2.05, 4.69) is 15.1 Å². The number of rotatable bonds is 5. The normalized spacial score (nSPS) is 33.5. The van der Waals surface area contributed by atoms with Gasteiger partial charge in [-0.2, -0.15) is 0 Å². The second-order valence-corrected chi connectivity index (χ2v) is 10.2. The molecule has 2 aromatic rings. The van der Waals surface area contributed by atoms with Gasteiger partial charge in [0.25, 0.3) is 0 Å². The number of nitrogens with one attached hydrogen (secondary N) is 1. The number of carbonyl (C=O) groups is 1. The first-order chi connectivity index (χ1) is 15.5. The van der Waals surface area contributed by atoms with Crippen LogP contribution in [0.2, 0.25) is 0 Å². The van der Waals surface area contributed by atoms with Crippen LogP contribution in [0.5, 0.6) is 0 Å². The maximum absolute atomic E-state index is 13.1. The smallest absolute Gasteiger partial charge is 0.408 e. The lowest BCUT2D eigenvalue weighted by Gasteiger charge is -2.32. The molecule has 6 atom stereocenters. The Morgan fingerprint density at radius 1 is 1.39 bits per heavy atom. The molecule has 4 N–H and O–H groups in total. The summed E-state index contributed by atoms with van der Waals surface area (Å²) < 4.78 is 42.4. The van der Waals surface area contributed by atoms with Crippen LogP contribution in [-0.2, 0) is 32.6 Å². The number of esters is 1. The number of anilines is 1. The van der Waals surface area contributed by atoms with Crippen LogP contribution < -0.4 is 10.8 Å². The molecule has 0 saturated carbocycles. The maximum atomic E-state index is 13.1. The van der Waals surface area contributed by atoms with Crippen molar-refractivity contribution in [3.63, 3.8) is 0 Å². The Bertz CT molecular complexity index is 1080. The first-order valence-corrected chi connectivity index (χ1v) is 12.0. The molecule has 0 spiro atoms. The lowest BCUT2D eigenvalue weighted by atomic mass is 9.96. The molecule has 182 valence electrons. The predicted molar refractivity (Wildman–Crippen MR) is 115 cm³/mol. The van der Waals surface area contributed by atoms with Crippen LogP contribution >= 0.6 is 7.75 Å². The third kappa shape index (κ3) is 4.62. The van der Waals surface area contributed by atoms with E-state index in [4.69, 9.17) is 29.0 Å². The summed E-state index contributed by atoms with van der Waals surface area (Å²) in [5, 5.41) is 14.4. The van der Waals surface area contributed by atoms with Gasteiger partial charge in [0.1, 0.15) is 41.6 Å². The Hall–Kier alpha value is -2.12. The van der Waals surface area contributed by atoms with E-state index in [-0.39, 0.29) is 12.7 Å². The Labute approximate surface area is 190 Å². The average molecular weight is 485 g/mol. The highest BCUT2D eigenvalue weighted by molar-refractivity contribution is 7.51. The largest absolute Gasteiger partial charge is 0.462 e. The van der Waals surface area contributed by atoms with Gasteiger partial charge in [0.15, 0.2) is 13.0 Å². The fourth-order valence-corrected chi connectivity index (χ4v) is 5.25. The summed E-state index contributed by atoms with van der Waals surface area (Å²) in [6, 6.07) is 0.769. The van der Waals surface area contributed by atoms with Gasteiger partial charge in [0, 0.05) is 6.20 Å². The Morgan fingerprint density at radius 2 is 2.15 bits per heavy atom. The van der Waals surface area contributed by atoms with Gasteiger partial charge in [0.2, 0.25) is 0 Å². The monoisotopic (exact) mass is 485 g/mol. The zero-order valence-corrected chi connectivity index (χ0v) is 19.6. The molecule has 2 aliphatic heterocycles. The third-order valence-corrected chi connectivity index (χ3v) is 7.08. The predicted octanol–water partition coefficient (Wildman–Crippen LogP) is 1.09. The molecule has 33 heavy (non-hydrogen) atoms. The van der Waals surface area contributed by atoms with E-state index < -0.39 is 50.6 Å². The van der Waals surface area contributed by atoms with Crippen molar-refractivity contribution in [3.8, 4) is 0 Å². The molecule has 3 unspecified atom stereocenters. The van der Waals surface area contributed by atoms with Crippen molar-refractivity contribution in [2.45, 2.75) is 63.9 Å². The highest BCUT2D eigenvalue weighted by atomic mass is 31.2. The summed E-state index contributed by atoms with van der Waals surface area (Å²) in [4.78, 5) is 20.3. The van der Waals surface area contributed by atoms with Gasteiger partial charge in [-0.25, -0.2) is 19.6 Å². The molecule has 14 heteroatoms. The van der Waals surface area contributed by atoms with Crippen molar-refractivity contribution in [2.24, 2.45) is 0 Å². The van der Waals surface area contributed by atoms with Gasteiger partial charge in [-0.05, 0) is 33.8 Å². The van der Waals surface area contributed by atoms with E-state index >= 15 is 0 Å². The molecule has 2 aliphatic rings. The van der Waals surface area contributed by atoms with Crippen molar-refractivity contribution in [2.75, 3.05) is 19.1 Å². The van der Waals surface area contributed by atoms with Crippen LogP contribution in [0.3, 0.4) is 0 Å². The summed E-state index contributed by atoms with van der Waals surface area (Å²) in [6.07, 6.45) is 0.104. The number of carbonyl (C=O) groups excluding carboxylic acids is 1. The standard InChI is InChI=1S/C19H28N5O8P/c1-10(2)31-17(25)11(3)23-33(27)29-7-13-14(28-9-30-33)19(4,26)18(32-13)24-6-5-12-15(20)21-8-22-16(12)24/h5-6,8,10-11,13-14,18,26H,7,9H2,1-4H3,(H,23,27)(H2,20,21,22)/t11-,13+,14?,18+,19?,33?/m0/s1. The lowest BCUT2D eigenvalue weighted by molar-refractivity contribution is -0.150. The number of nitrogens with zero attached hydrogens (tertiary/aromatic N) is 3. The number of nitrogen functional groups attached to an aromatic ring is 1. The van der Waals surface area contributed by atoms with Crippen molar-refractivity contribution in [3.05, 3.63) is 18.6 Å². The van der Waals surface area contributed by atoms with Crippen LogP contribution in [0.1, 0.15) is 33.9 Å². The van der Waals surface area contributed by atoms with Gasteiger partial charge in [-0.1, -0.05) is 0 Å². The van der Waals surface area contributed by atoms with Crippen LogP contribution in [0.25, 0.3) is 11.0 Å². The summed E-state index contributed by atoms with van der Waals surface area (Å²) in [5.41, 5.74) is 4.87. The van der Waals surface area contributed by atoms with E-state index in [0.717, 1.165) is 0 Å². The zero-order chi connectivity index (χ0) is 24.0. The molecule has 0 aromatic carbocycles. The number of ether oxygens (including phenoxy) is 3. The summed E-state index contributed by atoms with van der Waals surface area (Å²) in [6.45, 7) is 5.75. The SMILES string of the molecule is CC(C)OC(=O)[C@H](C)NP1(=O)OCOC2[C@@H](CO1)O[C@@H](n1ccc3c(N)ncnc31)C2(C)O. The van der Waals surface area contributed by atoms with Crippen molar-refractivity contribution in [1.82, 2.24) is 19.6 Å². The first-order valence-electron chi connectivity index (χ1n) is 10.5. The molecular formula is C19H28N5O8P. The second-order valence-electron chi connectivity index (χ2n) is 8.44. The van der Waals surface area contributed by atoms with Gasteiger partial charge in [-0.3, -0.25) is 13.8 Å². The number of aliphatic hydroxyl groups is 1. The molecule has 0 amide bonds. The van der Waals surface area contributed by atoms with E-state index in [1.807, 2.05) is 0 Å². The molecule has 0 radical (unpaired) electrons. The summed E-state index contributed by atoms with van der Waals surface area (Å²) in [5.74, 6) is -0.304. The van der Waals surface area contributed by atoms with Crippen molar-refractivity contribution in [1.29, 1.82) is 0 Å². The molecule has 13 nitrogen and oxygen atoms in total. The highest BCUT2D eigenvalue weighted by Crippen LogP contribution is 2.49. The van der Waals surface area contributed by atoms with Crippen molar-refractivity contribution >= 4 is 30.6 Å². The summed E-state index contributed by atoms with van der Waals surface area (Å²) in [7, 11) is -3.94. The van der Waals surface area contributed by atoms with Crippen LogP contribution in [0, 0.1) is 0 Å². The minimum absolute atomic E-state index is 0.232. The van der Waals surface area contributed by atoms with E-state index in [1.54, 1.807) is 37.6 Å². The van der Waals surface area contributed by atoms with E-state index in [9.17, 15) is 14.5 Å². The molecule has 4 heterocycles. The second kappa shape index (κ2) is 8.91.